The van der Waals surface area contributed by atoms with Gasteiger partial charge in [-0.25, -0.2) is 4.39 Å². The Morgan fingerprint density at radius 3 is 2.60 bits per heavy atom. The molecule has 0 aliphatic carbocycles. The Balaban J connectivity index is 2.10. The first-order valence-corrected chi connectivity index (χ1v) is 7.00. The first-order valence-electron chi connectivity index (χ1n) is 6.12. The number of nitriles is 1. The van der Waals surface area contributed by atoms with Gasteiger partial charge in [-0.05, 0) is 29.8 Å². The van der Waals surface area contributed by atoms with Crippen LogP contribution in [0.5, 0.6) is 0 Å². The highest BCUT2D eigenvalue weighted by atomic mass is 32.1. The normalized spacial score (nSPS) is 11.5. The molecule has 0 aliphatic rings. The van der Waals surface area contributed by atoms with Crippen molar-refractivity contribution < 1.29 is 4.39 Å². The maximum atomic E-state index is 12.9. The molecule has 2 aromatic carbocycles. The zero-order valence-corrected chi connectivity index (χ0v) is 11.3. The molecule has 0 N–H and O–H groups in total. The minimum absolute atomic E-state index is 0.276. The molecule has 96 valence electrons. The molecule has 0 bridgehead atoms. The van der Waals surface area contributed by atoms with E-state index in [1.165, 1.54) is 12.1 Å². The summed E-state index contributed by atoms with van der Waals surface area (Å²) in [6, 6.07) is 16.4. The molecule has 0 spiro atoms. The van der Waals surface area contributed by atoms with Gasteiger partial charge >= 0.3 is 0 Å². The van der Waals surface area contributed by atoms with Crippen LogP contribution in [-0.4, -0.2) is 0 Å². The summed E-state index contributed by atoms with van der Waals surface area (Å²) in [4.78, 5) is 0. The highest BCUT2D eigenvalue weighted by molar-refractivity contribution is 7.17. The smallest absolute Gasteiger partial charge is 0.123 e. The topological polar surface area (TPSA) is 23.8 Å². The Morgan fingerprint density at radius 2 is 1.85 bits per heavy atom. The van der Waals surface area contributed by atoms with E-state index in [0.29, 0.717) is 5.57 Å². The van der Waals surface area contributed by atoms with Gasteiger partial charge < -0.3 is 0 Å². The largest absolute Gasteiger partial charge is 0.207 e. The molecule has 0 amide bonds. The fraction of sp³-hybridized carbons (Fsp3) is 0. The van der Waals surface area contributed by atoms with E-state index in [9.17, 15) is 9.65 Å². The molecule has 3 aromatic rings. The summed E-state index contributed by atoms with van der Waals surface area (Å²) in [5.74, 6) is -0.276. The standard InChI is InChI=1S/C17H10FNS/c18-14-7-5-12(6-8-14)9-13(10-19)16-11-20-17-4-2-1-3-15(16)17/h1-9,11H/b13-9+. The lowest BCUT2D eigenvalue weighted by Crippen LogP contribution is -1.81. The van der Waals surface area contributed by atoms with E-state index in [2.05, 4.69) is 6.07 Å². The number of benzene rings is 2. The summed E-state index contributed by atoms with van der Waals surface area (Å²) in [6.45, 7) is 0. The molecule has 0 fully saturated rings. The van der Waals surface area contributed by atoms with Crippen molar-refractivity contribution in [2.75, 3.05) is 0 Å². The average Bonchev–Trinajstić information content (AvgIpc) is 2.91. The van der Waals surface area contributed by atoms with Crippen LogP contribution in [0.3, 0.4) is 0 Å². The van der Waals surface area contributed by atoms with Crippen LogP contribution in [0.4, 0.5) is 4.39 Å². The van der Waals surface area contributed by atoms with E-state index >= 15 is 0 Å². The molecule has 0 saturated heterocycles. The van der Waals surface area contributed by atoms with Gasteiger partial charge in [-0.3, -0.25) is 0 Å². The molecular formula is C17H10FNS. The zero-order chi connectivity index (χ0) is 13.9. The van der Waals surface area contributed by atoms with Gasteiger partial charge in [-0.2, -0.15) is 5.26 Å². The lowest BCUT2D eigenvalue weighted by Gasteiger charge is -1.98. The minimum Gasteiger partial charge on any atom is -0.207 e. The molecule has 20 heavy (non-hydrogen) atoms. The quantitative estimate of drug-likeness (QED) is 0.598. The fourth-order valence-electron chi connectivity index (χ4n) is 2.08. The van der Waals surface area contributed by atoms with Crippen molar-refractivity contribution in [2.45, 2.75) is 0 Å². The van der Waals surface area contributed by atoms with Crippen LogP contribution in [0, 0.1) is 17.1 Å². The molecular weight excluding hydrogens is 269 g/mol. The highest BCUT2D eigenvalue weighted by Crippen LogP contribution is 2.31. The Hall–Kier alpha value is -2.44. The van der Waals surface area contributed by atoms with Crippen molar-refractivity contribution in [3.63, 3.8) is 0 Å². The van der Waals surface area contributed by atoms with Crippen LogP contribution in [-0.2, 0) is 0 Å². The number of fused-ring (bicyclic) bond motifs is 1. The molecule has 0 unspecified atom stereocenters. The average molecular weight is 279 g/mol. The number of rotatable bonds is 2. The molecule has 1 heterocycles. The van der Waals surface area contributed by atoms with Gasteiger partial charge in [-0.1, -0.05) is 30.3 Å². The Kier molecular flexibility index (Phi) is 3.32. The summed E-state index contributed by atoms with van der Waals surface area (Å²) in [7, 11) is 0. The highest BCUT2D eigenvalue weighted by Gasteiger charge is 2.08. The number of thiophene rings is 1. The monoisotopic (exact) mass is 279 g/mol. The molecule has 0 saturated carbocycles. The molecule has 0 aliphatic heterocycles. The second-order valence-corrected chi connectivity index (χ2v) is 5.28. The van der Waals surface area contributed by atoms with Crippen LogP contribution in [0.25, 0.3) is 21.7 Å². The van der Waals surface area contributed by atoms with Crippen molar-refractivity contribution in [2.24, 2.45) is 0 Å². The van der Waals surface area contributed by atoms with E-state index in [1.54, 1.807) is 29.5 Å². The van der Waals surface area contributed by atoms with Crippen molar-refractivity contribution in [1.29, 1.82) is 5.26 Å². The summed E-state index contributed by atoms with van der Waals surface area (Å²) in [5, 5.41) is 12.5. The van der Waals surface area contributed by atoms with Crippen molar-refractivity contribution in [3.05, 3.63) is 70.9 Å². The van der Waals surface area contributed by atoms with Gasteiger partial charge in [0.15, 0.2) is 0 Å². The summed E-state index contributed by atoms with van der Waals surface area (Å²) < 4.78 is 14.1. The third-order valence-corrected chi connectivity index (χ3v) is 4.04. The summed E-state index contributed by atoms with van der Waals surface area (Å²) in [5.41, 5.74) is 2.34. The second kappa shape index (κ2) is 5.28. The van der Waals surface area contributed by atoms with E-state index in [-0.39, 0.29) is 5.82 Å². The van der Waals surface area contributed by atoms with Crippen LogP contribution in [0.15, 0.2) is 53.9 Å². The van der Waals surface area contributed by atoms with Crippen LogP contribution in [0.2, 0.25) is 0 Å². The summed E-state index contributed by atoms with van der Waals surface area (Å²) in [6.07, 6.45) is 1.79. The predicted octanol–water partition coefficient (Wildman–Crippen LogP) is 5.10. The fourth-order valence-corrected chi connectivity index (χ4v) is 3.04. The van der Waals surface area contributed by atoms with Gasteiger partial charge in [-0.15, -0.1) is 11.3 Å². The second-order valence-electron chi connectivity index (χ2n) is 4.37. The Morgan fingerprint density at radius 1 is 1.10 bits per heavy atom. The first-order chi connectivity index (χ1) is 9.78. The van der Waals surface area contributed by atoms with E-state index in [1.807, 2.05) is 29.6 Å². The zero-order valence-electron chi connectivity index (χ0n) is 10.5. The van der Waals surface area contributed by atoms with Crippen LogP contribution in [0.1, 0.15) is 11.1 Å². The van der Waals surface area contributed by atoms with Crippen molar-refractivity contribution in [1.82, 2.24) is 0 Å². The van der Waals surface area contributed by atoms with E-state index in [0.717, 1.165) is 21.2 Å². The van der Waals surface area contributed by atoms with Gasteiger partial charge in [0.2, 0.25) is 0 Å². The number of halogens is 1. The molecule has 0 atom stereocenters. The first kappa shape index (κ1) is 12.6. The van der Waals surface area contributed by atoms with Crippen molar-refractivity contribution >= 4 is 33.1 Å². The Labute approximate surface area is 120 Å². The van der Waals surface area contributed by atoms with Gasteiger partial charge in [0.25, 0.3) is 0 Å². The lowest BCUT2D eigenvalue weighted by molar-refractivity contribution is 0.628. The van der Waals surface area contributed by atoms with E-state index < -0.39 is 0 Å². The molecule has 1 nitrogen and oxygen atoms in total. The molecule has 1 aromatic heterocycles. The maximum absolute atomic E-state index is 12.9. The lowest BCUT2D eigenvalue weighted by atomic mass is 10.0. The Bertz CT molecular complexity index is 822. The SMILES string of the molecule is N#C/C(=C\c1ccc(F)cc1)c1csc2ccccc12. The number of hydrogen-bond donors (Lipinski definition) is 0. The minimum atomic E-state index is -0.276. The molecule has 0 radical (unpaired) electrons. The van der Waals surface area contributed by atoms with Gasteiger partial charge in [0, 0.05) is 21.0 Å². The third-order valence-electron chi connectivity index (χ3n) is 3.07. The number of nitrogens with zero attached hydrogens (tertiary/aromatic N) is 1. The maximum Gasteiger partial charge on any atom is 0.123 e. The molecule has 3 rings (SSSR count). The van der Waals surface area contributed by atoms with Crippen LogP contribution >= 0.6 is 11.3 Å². The summed E-state index contributed by atoms with van der Waals surface area (Å²) >= 11 is 1.62. The number of allylic oxidation sites excluding steroid dienone is 1. The van der Waals surface area contributed by atoms with Crippen LogP contribution < -0.4 is 0 Å². The number of hydrogen-bond acceptors (Lipinski definition) is 2. The van der Waals surface area contributed by atoms with E-state index in [4.69, 9.17) is 0 Å². The molecule has 3 heteroatoms. The van der Waals surface area contributed by atoms with Crippen molar-refractivity contribution in [3.8, 4) is 6.07 Å². The third kappa shape index (κ3) is 2.34. The predicted molar refractivity (Wildman–Crippen MR) is 81.7 cm³/mol. The van der Waals surface area contributed by atoms with Gasteiger partial charge in [0.1, 0.15) is 5.82 Å². The van der Waals surface area contributed by atoms with Gasteiger partial charge in [0.05, 0.1) is 11.6 Å².